The molecule has 0 atom stereocenters. The Hall–Kier alpha value is -0.200. The number of nitrogens with one attached hydrogen (secondary N) is 3. The van der Waals surface area contributed by atoms with Crippen molar-refractivity contribution in [1.29, 1.82) is 0 Å². The Morgan fingerprint density at radius 2 is 1.08 bits per heavy atom. The SMILES string of the molecule is ON1CCNCCNCCNCC1. The van der Waals surface area contributed by atoms with Crippen LogP contribution in [-0.4, -0.2) is 62.6 Å². The number of nitrogens with zero attached hydrogens (tertiary/aromatic N) is 1. The van der Waals surface area contributed by atoms with Crippen molar-refractivity contribution in [3.8, 4) is 0 Å². The smallest absolute Gasteiger partial charge is 0.0363 e. The highest BCUT2D eigenvalue weighted by molar-refractivity contribution is 4.59. The second-order valence-corrected chi connectivity index (χ2v) is 3.20. The van der Waals surface area contributed by atoms with Crippen LogP contribution in [0, 0.1) is 0 Å². The van der Waals surface area contributed by atoms with E-state index in [2.05, 4.69) is 16.0 Å². The third-order valence-corrected chi connectivity index (χ3v) is 2.05. The largest absolute Gasteiger partial charge is 0.314 e. The van der Waals surface area contributed by atoms with Crippen molar-refractivity contribution < 1.29 is 5.21 Å². The molecule has 0 aromatic heterocycles. The molecule has 0 unspecified atom stereocenters. The highest BCUT2D eigenvalue weighted by Gasteiger charge is 2.00. The van der Waals surface area contributed by atoms with Crippen molar-refractivity contribution in [2.24, 2.45) is 0 Å². The first-order valence-corrected chi connectivity index (χ1v) is 4.95. The van der Waals surface area contributed by atoms with Crippen molar-refractivity contribution in [3.63, 3.8) is 0 Å². The van der Waals surface area contributed by atoms with Gasteiger partial charge in [-0.2, -0.15) is 5.06 Å². The topological polar surface area (TPSA) is 59.6 Å². The van der Waals surface area contributed by atoms with E-state index in [9.17, 15) is 5.21 Å². The highest BCUT2D eigenvalue weighted by Crippen LogP contribution is 1.78. The molecule has 5 nitrogen and oxygen atoms in total. The van der Waals surface area contributed by atoms with Crippen LogP contribution in [0.2, 0.25) is 0 Å². The highest BCUT2D eigenvalue weighted by atomic mass is 16.5. The first-order chi connectivity index (χ1) is 6.39. The molecule has 78 valence electrons. The minimum atomic E-state index is 0.696. The number of hydrogen-bond donors (Lipinski definition) is 4. The van der Waals surface area contributed by atoms with Gasteiger partial charge in [0.15, 0.2) is 0 Å². The predicted molar refractivity (Wildman–Crippen MR) is 52.0 cm³/mol. The zero-order valence-corrected chi connectivity index (χ0v) is 8.05. The fourth-order valence-corrected chi connectivity index (χ4v) is 1.26. The molecule has 0 aromatic carbocycles. The normalized spacial score (nSPS) is 24.7. The van der Waals surface area contributed by atoms with Crippen molar-refractivity contribution in [2.45, 2.75) is 0 Å². The molecule has 5 heteroatoms. The number of hydroxylamine groups is 2. The summed E-state index contributed by atoms with van der Waals surface area (Å²) in [7, 11) is 0. The molecule has 1 saturated heterocycles. The molecule has 0 bridgehead atoms. The average molecular weight is 188 g/mol. The lowest BCUT2D eigenvalue weighted by molar-refractivity contribution is -0.0877. The van der Waals surface area contributed by atoms with Gasteiger partial charge < -0.3 is 21.2 Å². The maximum Gasteiger partial charge on any atom is 0.0363 e. The summed E-state index contributed by atoms with van der Waals surface area (Å²) in [5.41, 5.74) is 0. The maximum absolute atomic E-state index is 9.33. The molecule has 1 fully saturated rings. The van der Waals surface area contributed by atoms with E-state index in [1.165, 1.54) is 5.06 Å². The third kappa shape index (κ3) is 5.95. The molecule has 0 saturated carbocycles. The van der Waals surface area contributed by atoms with Crippen LogP contribution in [0.15, 0.2) is 0 Å². The summed E-state index contributed by atoms with van der Waals surface area (Å²) in [6.07, 6.45) is 0. The number of hydrogen-bond acceptors (Lipinski definition) is 5. The molecule has 0 amide bonds. The summed E-state index contributed by atoms with van der Waals surface area (Å²) in [6, 6.07) is 0. The molecule has 4 N–H and O–H groups in total. The molecule has 13 heavy (non-hydrogen) atoms. The summed E-state index contributed by atoms with van der Waals surface area (Å²) in [5, 5.41) is 20.5. The van der Waals surface area contributed by atoms with E-state index in [0.29, 0.717) is 13.1 Å². The van der Waals surface area contributed by atoms with E-state index in [1.807, 2.05) is 0 Å². The maximum atomic E-state index is 9.33. The summed E-state index contributed by atoms with van der Waals surface area (Å²) in [6.45, 7) is 7.00. The Morgan fingerprint density at radius 1 is 0.692 bits per heavy atom. The van der Waals surface area contributed by atoms with E-state index < -0.39 is 0 Å². The van der Waals surface area contributed by atoms with Crippen LogP contribution in [0.5, 0.6) is 0 Å². The fourth-order valence-electron chi connectivity index (χ4n) is 1.26. The van der Waals surface area contributed by atoms with Crippen molar-refractivity contribution >= 4 is 0 Å². The summed E-state index contributed by atoms with van der Waals surface area (Å²) < 4.78 is 0. The molecule has 0 radical (unpaired) electrons. The first kappa shape index (κ1) is 10.9. The van der Waals surface area contributed by atoms with E-state index in [0.717, 1.165) is 39.3 Å². The molecular formula is C8H20N4O. The van der Waals surface area contributed by atoms with Gasteiger partial charge in [-0.25, -0.2) is 0 Å². The van der Waals surface area contributed by atoms with Gasteiger partial charge in [0.2, 0.25) is 0 Å². The minimum Gasteiger partial charge on any atom is -0.314 e. The lowest BCUT2D eigenvalue weighted by atomic mass is 10.4. The van der Waals surface area contributed by atoms with E-state index in [-0.39, 0.29) is 0 Å². The molecule has 1 aliphatic heterocycles. The average Bonchev–Trinajstić information content (AvgIpc) is 2.11. The Morgan fingerprint density at radius 3 is 1.54 bits per heavy atom. The zero-order chi connectivity index (χ0) is 9.36. The van der Waals surface area contributed by atoms with Gasteiger partial charge in [-0.05, 0) is 0 Å². The fraction of sp³-hybridized carbons (Fsp3) is 1.00. The van der Waals surface area contributed by atoms with Crippen molar-refractivity contribution in [2.75, 3.05) is 52.4 Å². The van der Waals surface area contributed by atoms with Crippen molar-refractivity contribution in [3.05, 3.63) is 0 Å². The minimum absolute atomic E-state index is 0.696. The van der Waals surface area contributed by atoms with Crippen LogP contribution in [0.25, 0.3) is 0 Å². The van der Waals surface area contributed by atoms with Gasteiger partial charge in [0.1, 0.15) is 0 Å². The van der Waals surface area contributed by atoms with Gasteiger partial charge in [-0.3, -0.25) is 0 Å². The van der Waals surface area contributed by atoms with E-state index >= 15 is 0 Å². The van der Waals surface area contributed by atoms with Crippen molar-refractivity contribution in [1.82, 2.24) is 21.0 Å². The second-order valence-electron chi connectivity index (χ2n) is 3.20. The van der Waals surface area contributed by atoms with Crippen LogP contribution in [0.4, 0.5) is 0 Å². The summed E-state index contributed by atoms with van der Waals surface area (Å²) in [5.74, 6) is 0. The standard InChI is InChI=1S/C8H20N4O/c13-12-7-5-10-3-1-9-2-4-11-6-8-12/h9-11,13H,1-8H2. The number of rotatable bonds is 0. The Kier molecular flexibility index (Phi) is 6.05. The van der Waals surface area contributed by atoms with Crippen LogP contribution in [-0.2, 0) is 0 Å². The van der Waals surface area contributed by atoms with Gasteiger partial charge in [-0.1, -0.05) is 0 Å². The molecule has 0 aromatic rings. The summed E-state index contributed by atoms with van der Waals surface area (Å²) in [4.78, 5) is 0. The van der Waals surface area contributed by atoms with E-state index in [4.69, 9.17) is 0 Å². The van der Waals surface area contributed by atoms with Gasteiger partial charge in [0, 0.05) is 52.4 Å². The van der Waals surface area contributed by atoms with Crippen LogP contribution in [0.3, 0.4) is 0 Å². The predicted octanol–water partition coefficient (Wildman–Crippen LogP) is -1.54. The molecule has 0 spiro atoms. The quantitative estimate of drug-likeness (QED) is 0.371. The van der Waals surface area contributed by atoms with Gasteiger partial charge in [0.05, 0.1) is 0 Å². The zero-order valence-electron chi connectivity index (χ0n) is 8.05. The van der Waals surface area contributed by atoms with Crippen LogP contribution < -0.4 is 16.0 Å². The first-order valence-electron chi connectivity index (χ1n) is 4.95. The van der Waals surface area contributed by atoms with Crippen LogP contribution in [0.1, 0.15) is 0 Å². The van der Waals surface area contributed by atoms with Gasteiger partial charge in [0.25, 0.3) is 0 Å². The van der Waals surface area contributed by atoms with E-state index in [1.54, 1.807) is 0 Å². The molecule has 0 aliphatic carbocycles. The Labute approximate surface area is 79.4 Å². The Bertz CT molecular complexity index is 111. The third-order valence-electron chi connectivity index (χ3n) is 2.05. The van der Waals surface area contributed by atoms with Crippen LogP contribution >= 0.6 is 0 Å². The lowest BCUT2D eigenvalue weighted by Gasteiger charge is -2.17. The summed E-state index contributed by atoms with van der Waals surface area (Å²) >= 11 is 0. The monoisotopic (exact) mass is 188 g/mol. The molecule has 1 aliphatic rings. The molecule has 1 heterocycles. The molecular weight excluding hydrogens is 168 g/mol. The lowest BCUT2D eigenvalue weighted by Crippen LogP contribution is -2.40. The van der Waals surface area contributed by atoms with Gasteiger partial charge in [-0.15, -0.1) is 0 Å². The van der Waals surface area contributed by atoms with Gasteiger partial charge >= 0.3 is 0 Å². The Balaban J connectivity index is 2.11. The second kappa shape index (κ2) is 7.23. The molecule has 1 rings (SSSR count).